The second-order valence-corrected chi connectivity index (χ2v) is 7.20. The van der Waals surface area contributed by atoms with Crippen molar-refractivity contribution in [3.63, 3.8) is 0 Å². The van der Waals surface area contributed by atoms with Crippen molar-refractivity contribution in [2.24, 2.45) is 0 Å². The second kappa shape index (κ2) is 7.26. The number of esters is 2. The molecule has 7 heteroatoms. The van der Waals surface area contributed by atoms with Crippen LogP contribution in [0.4, 0.5) is 5.69 Å². The van der Waals surface area contributed by atoms with E-state index in [1.165, 1.54) is 24.3 Å². The van der Waals surface area contributed by atoms with Crippen molar-refractivity contribution in [3.05, 3.63) is 65.2 Å². The maximum absolute atomic E-state index is 12.5. The third kappa shape index (κ3) is 3.93. The second-order valence-electron chi connectivity index (χ2n) is 7.20. The average molecular weight is 381 g/mol. The Balaban J connectivity index is 1.67. The van der Waals surface area contributed by atoms with Crippen molar-refractivity contribution in [3.8, 4) is 0 Å². The summed E-state index contributed by atoms with van der Waals surface area (Å²) >= 11 is 0. The maximum Gasteiger partial charge on any atom is 0.344 e. The summed E-state index contributed by atoms with van der Waals surface area (Å²) in [6, 6.07) is 12.4. The molecule has 0 N–H and O–H groups in total. The van der Waals surface area contributed by atoms with Gasteiger partial charge in [-0.3, -0.25) is 9.59 Å². The molecule has 1 aliphatic rings. The van der Waals surface area contributed by atoms with E-state index in [0.717, 1.165) is 4.90 Å². The van der Waals surface area contributed by atoms with Crippen LogP contribution < -0.4 is 4.90 Å². The number of amides is 2. The van der Waals surface area contributed by atoms with Gasteiger partial charge in [0.25, 0.3) is 11.8 Å². The number of anilines is 1. The van der Waals surface area contributed by atoms with Gasteiger partial charge in [0.05, 0.1) is 22.4 Å². The van der Waals surface area contributed by atoms with E-state index < -0.39 is 36.0 Å². The van der Waals surface area contributed by atoms with Crippen LogP contribution in [-0.2, 0) is 14.3 Å². The highest BCUT2D eigenvalue weighted by atomic mass is 16.6. The van der Waals surface area contributed by atoms with E-state index in [1.54, 1.807) is 45.0 Å². The number of hydrogen-bond acceptors (Lipinski definition) is 6. The normalized spacial score (nSPS) is 13.3. The highest BCUT2D eigenvalue weighted by Crippen LogP contribution is 2.28. The van der Waals surface area contributed by atoms with Crippen LogP contribution >= 0.6 is 0 Å². The molecule has 0 aromatic heterocycles. The molecule has 0 saturated carbocycles. The lowest BCUT2D eigenvalue weighted by molar-refractivity contribution is -0.158. The molecule has 0 radical (unpaired) electrons. The number of nitrogens with zero attached hydrogens (tertiary/aromatic N) is 1. The Morgan fingerprint density at radius 2 is 1.43 bits per heavy atom. The van der Waals surface area contributed by atoms with Gasteiger partial charge in [-0.05, 0) is 57.2 Å². The number of benzene rings is 2. The average Bonchev–Trinajstić information content (AvgIpc) is 2.90. The minimum atomic E-state index is -0.709. The molecule has 1 aliphatic heterocycles. The van der Waals surface area contributed by atoms with E-state index in [2.05, 4.69) is 0 Å². The number of fused-ring (bicyclic) bond motifs is 1. The zero-order valence-corrected chi connectivity index (χ0v) is 15.7. The van der Waals surface area contributed by atoms with E-state index in [0.29, 0.717) is 16.8 Å². The molecule has 7 nitrogen and oxygen atoms in total. The van der Waals surface area contributed by atoms with Crippen molar-refractivity contribution in [1.82, 2.24) is 0 Å². The molecule has 0 bridgehead atoms. The van der Waals surface area contributed by atoms with Crippen LogP contribution in [0.25, 0.3) is 0 Å². The molecular weight excluding hydrogens is 362 g/mol. The third-order valence-corrected chi connectivity index (χ3v) is 3.90. The van der Waals surface area contributed by atoms with Crippen LogP contribution in [0.1, 0.15) is 51.8 Å². The van der Waals surface area contributed by atoms with Crippen LogP contribution in [0.3, 0.4) is 0 Å². The topological polar surface area (TPSA) is 90.0 Å². The van der Waals surface area contributed by atoms with Gasteiger partial charge in [0.2, 0.25) is 0 Å². The molecule has 1 heterocycles. The lowest BCUT2D eigenvalue weighted by Crippen LogP contribution is -2.29. The van der Waals surface area contributed by atoms with Crippen LogP contribution in [0.2, 0.25) is 0 Å². The van der Waals surface area contributed by atoms with Gasteiger partial charge < -0.3 is 9.47 Å². The fraction of sp³-hybridized carbons (Fsp3) is 0.238. The minimum Gasteiger partial charge on any atom is -0.457 e. The van der Waals surface area contributed by atoms with Gasteiger partial charge in [-0.25, -0.2) is 14.5 Å². The number of carbonyl (C=O) groups excluding carboxylic acids is 4. The highest BCUT2D eigenvalue weighted by molar-refractivity contribution is 6.34. The zero-order chi connectivity index (χ0) is 20.5. The fourth-order valence-electron chi connectivity index (χ4n) is 2.75. The van der Waals surface area contributed by atoms with Crippen LogP contribution in [0, 0.1) is 0 Å². The summed E-state index contributed by atoms with van der Waals surface area (Å²) < 4.78 is 10.0. The molecule has 28 heavy (non-hydrogen) atoms. The molecule has 144 valence electrons. The first-order valence-electron chi connectivity index (χ1n) is 8.64. The molecule has 2 aromatic rings. The molecule has 2 aromatic carbocycles. The largest absolute Gasteiger partial charge is 0.457 e. The molecule has 0 atom stereocenters. The van der Waals surface area contributed by atoms with Crippen LogP contribution in [0.5, 0.6) is 0 Å². The van der Waals surface area contributed by atoms with Gasteiger partial charge in [0, 0.05) is 0 Å². The van der Waals surface area contributed by atoms with Crippen molar-refractivity contribution < 1.29 is 28.7 Å². The molecule has 0 saturated heterocycles. The van der Waals surface area contributed by atoms with Crippen molar-refractivity contribution in [1.29, 1.82) is 0 Å². The molecular formula is C21H19NO6. The summed E-state index contributed by atoms with van der Waals surface area (Å²) in [5, 5.41) is 0. The van der Waals surface area contributed by atoms with Gasteiger partial charge >= 0.3 is 11.9 Å². The van der Waals surface area contributed by atoms with Crippen molar-refractivity contribution in [2.75, 3.05) is 11.5 Å². The number of hydrogen-bond donors (Lipinski definition) is 0. The van der Waals surface area contributed by atoms with E-state index in [1.807, 2.05) is 0 Å². The monoisotopic (exact) mass is 381 g/mol. The smallest absolute Gasteiger partial charge is 0.344 e. The first-order valence-corrected chi connectivity index (χ1v) is 8.64. The first kappa shape index (κ1) is 19.3. The van der Waals surface area contributed by atoms with Crippen LogP contribution in [-0.4, -0.2) is 36.0 Å². The highest BCUT2D eigenvalue weighted by Gasteiger charge is 2.36. The third-order valence-electron chi connectivity index (χ3n) is 3.90. The number of ether oxygens (including phenoxy) is 2. The molecule has 2 amide bonds. The van der Waals surface area contributed by atoms with Gasteiger partial charge in [0.1, 0.15) is 5.60 Å². The number of imide groups is 1. The lowest BCUT2D eigenvalue weighted by atomic mass is 10.1. The summed E-state index contributed by atoms with van der Waals surface area (Å²) in [5.41, 5.74) is 0.540. The summed E-state index contributed by atoms with van der Waals surface area (Å²) in [6.45, 7) is 4.64. The predicted octanol–water partition coefficient (Wildman–Crippen LogP) is 2.99. The maximum atomic E-state index is 12.5. The Kier molecular flexibility index (Phi) is 5.00. The van der Waals surface area contributed by atoms with E-state index in [4.69, 9.17) is 9.47 Å². The zero-order valence-electron chi connectivity index (χ0n) is 15.7. The summed E-state index contributed by atoms with van der Waals surface area (Å²) in [5.74, 6) is -2.19. The summed E-state index contributed by atoms with van der Waals surface area (Å²) in [6.07, 6.45) is 0. The van der Waals surface area contributed by atoms with Gasteiger partial charge in [0.15, 0.2) is 6.61 Å². The standard InChI is InChI=1S/C21H19NO6/c1-21(2,3)28-17(23)12-27-20(26)13-8-10-14(11-9-13)22-18(24)15-6-4-5-7-16(15)19(22)25/h4-11H,12H2,1-3H3. The number of rotatable bonds is 4. The van der Waals surface area contributed by atoms with Crippen molar-refractivity contribution >= 4 is 29.4 Å². The molecule has 0 unspecified atom stereocenters. The van der Waals surface area contributed by atoms with Gasteiger partial charge in [-0.1, -0.05) is 12.1 Å². The molecule has 3 rings (SSSR count). The SMILES string of the molecule is CC(C)(C)OC(=O)COC(=O)c1ccc(N2C(=O)c3ccccc3C2=O)cc1. The van der Waals surface area contributed by atoms with E-state index in [9.17, 15) is 19.2 Å². The Morgan fingerprint density at radius 3 is 1.93 bits per heavy atom. The minimum absolute atomic E-state index is 0.184. The predicted molar refractivity (Wildman–Crippen MR) is 100 cm³/mol. The Labute approximate surface area is 161 Å². The van der Waals surface area contributed by atoms with E-state index in [-0.39, 0.29) is 5.56 Å². The molecule has 0 spiro atoms. The summed E-state index contributed by atoms with van der Waals surface area (Å²) in [4.78, 5) is 49.7. The number of carbonyl (C=O) groups is 4. The first-order chi connectivity index (χ1) is 13.2. The Hall–Kier alpha value is -3.48. The van der Waals surface area contributed by atoms with Gasteiger partial charge in [-0.15, -0.1) is 0 Å². The molecule has 0 fully saturated rings. The van der Waals surface area contributed by atoms with Gasteiger partial charge in [-0.2, -0.15) is 0 Å². The lowest BCUT2D eigenvalue weighted by Gasteiger charge is -2.19. The van der Waals surface area contributed by atoms with E-state index >= 15 is 0 Å². The quantitative estimate of drug-likeness (QED) is 0.597. The van der Waals surface area contributed by atoms with Crippen LogP contribution in [0.15, 0.2) is 48.5 Å². The summed E-state index contributed by atoms with van der Waals surface area (Å²) in [7, 11) is 0. The Bertz CT molecular complexity index is 921. The Morgan fingerprint density at radius 1 is 0.893 bits per heavy atom. The fourth-order valence-corrected chi connectivity index (χ4v) is 2.75. The van der Waals surface area contributed by atoms with Crippen molar-refractivity contribution in [2.45, 2.75) is 26.4 Å². The molecule has 0 aliphatic carbocycles.